The summed E-state index contributed by atoms with van der Waals surface area (Å²) in [4.78, 5) is 12.4. The van der Waals surface area contributed by atoms with Crippen molar-refractivity contribution in [1.82, 2.24) is 9.62 Å². The first-order chi connectivity index (χ1) is 12.5. The summed E-state index contributed by atoms with van der Waals surface area (Å²) >= 11 is 0. The van der Waals surface area contributed by atoms with Crippen molar-refractivity contribution >= 4 is 15.9 Å². The van der Waals surface area contributed by atoms with Gasteiger partial charge in [-0.05, 0) is 49.8 Å². The minimum atomic E-state index is -3.39. The van der Waals surface area contributed by atoms with Crippen molar-refractivity contribution in [3.05, 3.63) is 29.8 Å². The maximum atomic E-state index is 12.8. The molecule has 0 bridgehead atoms. The van der Waals surface area contributed by atoms with Crippen LogP contribution in [0.1, 0.15) is 57.9 Å². The molecular weight excluding hydrogens is 348 g/mol. The van der Waals surface area contributed by atoms with Crippen LogP contribution in [0.25, 0.3) is 0 Å². The van der Waals surface area contributed by atoms with E-state index in [1.165, 1.54) is 0 Å². The molecule has 1 aliphatic rings. The second kappa shape index (κ2) is 10.1. The van der Waals surface area contributed by atoms with Gasteiger partial charge in [0, 0.05) is 25.6 Å². The molecule has 6 heteroatoms. The zero-order valence-electron chi connectivity index (χ0n) is 16.0. The van der Waals surface area contributed by atoms with Gasteiger partial charge in [-0.1, -0.05) is 38.8 Å². The normalized spacial score (nSPS) is 16.4. The Kier molecular flexibility index (Phi) is 8.10. The van der Waals surface area contributed by atoms with Gasteiger partial charge in [-0.25, -0.2) is 8.42 Å². The van der Waals surface area contributed by atoms with Crippen LogP contribution in [-0.4, -0.2) is 38.3 Å². The summed E-state index contributed by atoms with van der Waals surface area (Å²) in [7, 11) is -3.39. The van der Waals surface area contributed by atoms with Gasteiger partial charge in [-0.3, -0.25) is 4.79 Å². The maximum Gasteiger partial charge on any atom is 0.243 e. The van der Waals surface area contributed by atoms with E-state index in [1.54, 1.807) is 16.4 Å². The van der Waals surface area contributed by atoms with Crippen LogP contribution < -0.4 is 5.32 Å². The molecule has 5 nitrogen and oxygen atoms in total. The van der Waals surface area contributed by atoms with Crippen molar-refractivity contribution in [1.29, 1.82) is 0 Å². The van der Waals surface area contributed by atoms with E-state index in [4.69, 9.17) is 0 Å². The van der Waals surface area contributed by atoms with Crippen LogP contribution in [-0.2, 0) is 21.2 Å². The Morgan fingerprint density at radius 1 is 1.04 bits per heavy atom. The highest BCUT2D eigenvalue weighted by atomic mass is 32.2. The molecule has 0 aliphatic carbocycles. The Morgan fingerprint density at radius 3 is 2.15 bits per heavy atom. The number of hydrogen-bond acceptors (Lipinski definition) is 3. The number of carbonyl (C=O) groups is 1. The predicted octanol–water partition coefficient (Wildman–Crippen LogP) is 3.35. The minimum Gasteiger partial charge on any atom is -0.356 e. The SMILES string of the molecule is CCC(CC)C(=O)NCCc1ccc(S(=O)(=O)N2CCCCCC2)cc1. The van der Waals surface area contributed by atoms with Crippen molar-refractivity contribution in [3.63, 3.8) is 0 Å². The monoisotopic (exact) mass is 380 g/mol. The third-order valence-corrected chi connectivity index (χ3v) is 7.11. The Labute approximate surface area is 158 Å². The standard InChI is InChI=1S/C20H32N2O3S/c1-3-18(4-2)20(23)21-14-13-17-9-11-19(12-10-17)26(24,25)22-15-7-5-6-8-16-22/h9-12,18H,3-8,13-16H2,1-2H3,(H,21,23). The fourth-order valence-corrected chi connectivity index (χ4v) is 4.91. The molecule has 2 rings (SSSR count). The molecule has 26 heavy (non-hydrogen) atoms. The Balaban J connectivity index is 1.92. The van der Waals surface area contributed by atoms with Gasteiger partial charge in [0.15, 0.2) is 0 Å². The Morgan fingerprint density at radius 2 is 1.62 bits per heavy atom. The lowest BCUT2D eigenvalue weighted by Crippen LogP contribution is -2.32. The Bertz CT molecular complexity index is 659. The molecule has 1 aliphatic heterocycles. The van der Waals surface area contributed by atoms with Crippen LogP contribution >= 0.6 is 0 Å². The molecule has 0 unspecified atom stereocenters. The lowest BCUT2D eigenvalue weighted by Gasteiger charge is -2.20. The number of carbonyl (C=O) groups excluding carboxylic acids is 1. The number of sulfonamides is 1. The first kappa shape index (κ1) is 20.9. The molecule has 1 aromatic rings. The third-order valence-electron chi connectivity index (χ3n) is 5.20. The van der Waals surface area contributed by atoms with Crippen LogP contribution in [0.3, 0.4) is 0 Å². The molecule has 1 aromatic carbocycles. The molecule has 0 atom stereocenters. The number of rotatable bonds is 8. The topological polar surface area (TPSA) is 66.5 Å². The lowest BCUT2D eigenvalue weighted by molar-refractivity contribution is -0.125. The average molecular weight is 381 g/mol. The molecule has 0 aromatic heterocycles. The maximum absolute atomic E-state index is 12.8. The zero-order valence-corrected chi connectivity index (χ0v) is 16.9. The van der Waals surface area contributed by atoms with E-state index in [2.05, 4.69) is 5.32 Å². The number of hydrogen-bond donors (Lipinski definition) is 1. The second-order valence-electron chi connectivity index (χ2n) is 7.02. The molecule has 1 amide bonds. The van der Waals surface area contributed by atoms with Crippen molar-refractivity contribution in [2.75, 3.05) is 19.6 Å². The van der Waals surface area contributed by atoms with Crippen molar-refractivity contribution in [2.45, 2.75) is 63.7 Å². The van der Waals surface area contributed by atoms with E-state index in [9.17, 15) is 13.2 Å². The van der Waals surface area contributed by atoms with Gasteiger partial charge in [0.1, 0.15) is 0 Å². The van der Waals surface area contributed by atoms with Gasteiger partial charge in [-0.2, -0.15) is 4.31 Å². The van der Waals surface area contributed by atoms with Crippen molar-refractivity contribution in [3.8, 4) is 0 Å². The predicted molar refractivity (Wildman–Crippen MR) is 104 cm³/mol. The summed E-state index contributed by atoms with van der Waals surface area (Å²) < 4.78 is 27.1. The van der Waals surface area contributed by atoms with Gasteiger partial charge in [-0.15, -0.1) is 0 Å². The van der Waals surface area contributed by atoms with E-state index in [0.717, 1.165) is 44.1 Å². The molecule has 0 saturated carbocycles. The van der Waals surface area contributed by atoms with E-state index in [1.807, 2.05) is 26.0 Å². The minimum absolute atomic E-state index is 0.0798. The summed E-state index contributed by atoms with van der Waals surface area (Å²) in [5.41, 5.74) is 1.03. The van der Waals surface area contributed by atoms with E-state index in [-0.39, 0.29) is 11.8 Å². The van der Waals surface area contributed by atoms with E-state index < -0.39 is 10.0 Å². The molecule has 1 N–H and O–H groups in total. The lowest BCUT2D eigenvalue weighted by atomic mass is 10.0. The summed E-state index contributed by atoms with van der Waals surface area (Å²) in [5, 5.41) is 2.97. The quantitative estimate of drug-likeness (QED) is 0.752. The van der Waals surface area contributed by atoms with Crippen molar-refractivity contribution < 1.29 is 13.2 Å². The van der Waals surface area contributed by atoms with Gasteiger partial charge in [0.25, 0.3) is 0 Å². The molecule has 146 valence electrons. The second-order valence-corrected chi connectivity index (χ2v) is 8.95. The first-order valence-electron chi connectivity index (χ1n) is 9.85. The van der Waals surface area contributed by atoms with Gasteiger partial charge in [0.2, 0.25) is 15.9 Å². The van der Waals surface area contributed by atoms with Crippen molar-refractivity contribution in [2.24, 2.45) is 5.92 Å². The average Bonchev–Trinajstić information content (AvgIpc) is 2.93. The summed E-state index contributed by atoms with van der Waals surface area (Å²) in [6.07, 6.45) is 6.49. The largest absolute Gasteiger partial charge is 0.356 e. The number of benzene rings is 1. The molecule has 0 radical (unpaired) electrons. The zero-order chi connectivity index (χ0) is 19.0. The molecule has 1 fully saturated rings. The van der Waals surface area contributed by atoms with Gasteiger partial charge in [0.05, 0.1) is 4.90 Å². The highest BCUT2D eigenvalue weighted by Gasteiger charge is 2.24. The van der Waals surface area contributed by atoms with Crippen LogP contribution in [0.4, 0.5) is 0 Å². The number of amides is 1. The number of nitrogens with zero attached hydrogens (tertiary/aromatic N) is 1. The van der Waals surface area contributed by atoms with Crippen LogP contribution in [0.5, 0.6) is 0 Å². The molecular formula is C20H32N2O3S. The van der Waals surface area contributed by atoms with E-state index >= 15 is 0 Å². The molecule has 0 spiro atoms. The fourth-order valence-electron chi connectivity index (χ4n) is 3.39. The summed E-state index contributed by atoms with van der Waals surface area (Å²) in [6.45, 7) is 5.86. The van der Waals surface area contributed by atoms with Gasteiger partial charge < -0.3 is 5.32 Å². The Hall–Kier alpha value is -1.40. The summed E-state index contributed by atoms with van der Waals surface area (Å²) in [5.74, 6) is 0.187. The molecule has 1 heterocycles. The van der Waals surface area contributed by atoms with E-state index in [0.29, 0.717) is 31.0 Å². The smallest absolute Gasteiger partial charge is 0.243 e. The van der Waals surface area contributed by atoms with Crippen LogP contribution in [0, 0.1) is 5.92 Å². The van der Waals surface area contributed by atoms with Gasteiger partial charge >= 0.3 is 0 Å². The first-order valence-corrected chi connectivity index (χ1v) is 11.3. The van der Waals surface area contributed by atoms with Crippen LogP contribution in [0.2, 0.25) is 0 Å². The third kappa shape index (κ3) is 5.55. The highest BCUT2D eigenvalue weighted by Crippen LogP contribution is 2.20. The highest BCUT2D eigenvalue weighted by molar-refractivity contribution is 7.89. The summed E-state index contributed by atoms with van der Waals surface area (Å²) in [6, 6.07) is 7.10. The molecule has 1 saturated heterocycles. The fraction of sp³-hybridized carbons (Fsp3) is 0.650. The number of nitrogens with one attached hydrogen (secondary N) is 1. The van der Waals surface area contributed by atoms with Crippen LogP contribution in [0.15, 0.2) is 29.2 Å².